The number of nitrogens with zero attached hydrogens (tertiary/aromatic N) is 1. The molecule has 3 atom stereocenters. The lowest BCUT2D eigenvalue weighted by atomic mass is 9.65. The third-order valence-electron chi connectivity index (χ3n) is 5.20. The predicted molar refractivity (Wildman–Crippen MR) is 99.5 cm³/mol. The van der Waals surface area contributed by atoms with Crippen LogP contribution in [0.3, 0.4) is 0 Å². The Hall–Kier alpha value is -1.06. The molecule has 0 fully saturated rings. The second-order valence-electron chi connectivity index (χ2n) is 6.19. The van der Waals surface area contributed by atoms with E-state index >= 15 is 0 Å². The summed E-state index contributed by atoms with van der Waals surface area (Å²) in [7, 11) is 0. The monoisotopic (exact) mass is 341 g/mol. The SMILES string of the molecule is CCC(N(CC)CC)C(C)(CC)C(C(=O)O)c1ccccc1.Cl. The maximum absolute atomic E-state index is 12.1. The van der Waals surface area contributed by atoms with Crippen LogP contribution in [0.2, 0.25) is 0 Å². The van der Waals surface area contributed by atoms with Gasteiger partial charge in [-0.15, -0.1) is 12.4 Å². The van der Waals surface area contributed by atoms with Crippen molar-refractivity contribution in [2.75, 3.05) is 13.1 Å². The van der Waals surface area contributed by atoms with Gasteiger partial charge in [-0.25, -0.2) is 0 Å². The van der Waals surface area contributed by atoms with Gasteiger partial charge >= 0.3 is 5.97 Å². The first kappa shape index (κ1) is 21.9. The van der Waals surface area contributed by atoms with Gasteiger partial charge < -0.3 is 10.0 Å². The van der Waals surface area contributed by atoms with Crippen LogP contribution in [0.4, 0.5) is 0 Å². The van der Waals surface area contributed by atoms with Gasteiger partial charge in [-0.05, 0) is 31.5 Å². The van der Waals surface area contributed by atoms with Crippen LogP contribution in [0.25, 0.3) is 0 Å². The van der Waals surface area contributed by atoms with Crippen molar-refractivity contribution < 1.29 is 9.90 Å². The molecule has 0 aliphatic rings. The number of aliphatic carboxylic acids is 1. The third kappa shape index (κ3) is 4.71. The molecule has 0 bridgehead atoms. The molecule has 0 heterocycles. The minimum Gasteiger partial charge on any atom is -0.481 e. The Morgan fingerprint density at radius 2 is 1.65 bits per heavy atom. The summed E-state index contributed by atoms with van der Waals surface area (Å²) in [5.41, 5.74) is 0.610. The second-order valence-corrected chi connectivity index (χ2v) is 6.19. The zero-order valence-corrected chi connectivity index (χ0v) is 15.9. The van der Waals surface area contributed by atoms with E-state index in [-0.39, 0.29) is 23.9 Å². The van der Waals surface area contributed by atoms with Gasteiger partial charge in [-0.1, -0.05) is 65.0 Å². The average molecular weight is 342 g/mol. The van der Waals surface area contributed by atoms with Crippen LogP contribution in [0.5, 0.6) is 0 Å². The van der Waals surface area contributed by atoms with E-state index in [0.29, 0.717) is 0 Å². The lowest BCUT2D eigenvalue weighted by Gasteiger charge is -2.46. The molecule has 0 aromatic heterocycles. The Balaban J connectivity index is 0.00000484. The highest BCUT2D eigenvalue weighted by Gasteiger charge is 2.45. The van der Waals surface area contributed by atoms with E-state index in [0.717, 1.165) is 31.5 Å². The molecule has 23 heavy (non-hydrogen) atoms. The van der Waals surface area contributed by atoms with E-state index in [9.17, 15) is 9.90 Å². The van der Waals surface area contributed by atoms with Gasteiger partial charge in [0.05, 0.1) is 5.92 Å². The zero-order valence-electron chi connectivity index (χ0n) is 15.1. The molecule has 0 aliphatic carbocycles. The Bertz CT molecular complexity index is 462. The number of hydrogen-bond donors (Lipinski definition) is 1. The Kier molecular flexibility index (Phi) is 9.48. The molecule has 1 N–H and O–H groups in total. The highest BCUT2D eigenvalue weighted by Crippen LogP contribution is 2.45. The van der Waals surface area contributed by atoms with Crippen molar-refractivity contribution in [3.63, 3.8) is 0 Å². The highest BCUT2D eigenvalue weighted by atomic mass is 35.5. The van der Waals surface area contributed by atoms with Crippen LogP contribution in [0, 0.1) is 5.41 Å². The van der Waals surface area contributed by atoms with Crippen LogP contribution in [-0.2, 0) is 4.79 Å². The topological polar surface area (TPSA) is 40.5 Å². The van der Waals surface area contributed by atoms with Gasteiger partial charge in [-0.2, -0.15) is 0 Å². The summed E-state index contributed by atoms with van der Waals surface area (Å²) in [6.07, 6.45) is 1.80. The van der Waals surface area contributed by atoms with Crippen LogP contribution < -0.4 is 0 Å². The van der Waals surface area contributed by atoms with E-state index in [1.165, 1.54) is 0 Å². The summed E-state index contributed by atoms with van der Waals surface area (Å²) >= 11 is 0. The molecular formula is C19H32ClNO2. The molecule has 0 amide bonds. The summed E-state index contributed by atoms with van der Waals surface area (Å²) in [5, 5.41) is 9.95. The quantitative estimate of drug-likeness (QED) is 0.700. The second kappa shape index (κ2) is 9.94. The van der Waals surface area contributed by atoms with Crippen LogP contribution in [-0.4, -0.2) is 35.1 Å². The molecule has 0 spiro atoms. The van der Waals surface area contributed by atoms with Crippen molar-refractivity contribution in [2.24, 2.45) is 5.41 Å². The Morgan fingerprint density at radius 3 is 2.00 bits per heavy atom. The molecule has 0 saturated heterocycles. The summed E-state index contributed by atoms with van der Waals surface area (Å²) in [4.78, 5) is 14.5. The Labute approximate surface area is 147 Å². The van der Waals surface area contributed by atoms with Crippen molar-refractivity contribution >= 4 is 18.4 Å². The predicted octanol–water partition coefficient (Wildman–Crippen LogP) is 4.81. The van der Waals surface area contributed by atoms with Gasteiger partial charge in [0.1, 0.15) is 0 Å². The van der Waals surface area contributed by atoms with Gasteiger partial charge in [0.2, 0.25) is 0 Å². The lowest BCUT2D eigenvalue weighted by molar-refractivity contribution is -0.144. The molecule has 1 aromatic rings. The smallest absolute Gasteiger partial charge is 0.311 e. The van der Waals surface area contributed by atoms with Crippen LogP contribution >= 0.6 is 12.4 Å². The van der Waals surface area contributed by atoms with Gasteiger partial charge in [0.25, 0.3) is 0 Å². The molecule has 0 aliphatic heterocycles. The van der Waals surface area contributed by atoms with E-state index in [1.807, 2.05) is 30.3 Å². The number of benzene rings is 1. The molecule has 1 rings (SSSR count). The fourth-order valence-electron chi connectivity index (χ4n) is 3.89. The standard InChI is InChI=1S/C19H31NO2.ClH/c1-6-16(20(8-3)9-4)19(5,7-2)17(18(21)22)15-13-11-10-12-14-15;/h10-14,16-17H,6-9H2,1-5H3,(H,21,22);1H. The molecule has 4 heteroatoms. The molecule has 3 nitrogen and oxygen atoms in total. The average Bonchev–Trinajstić information content (AvgIpc) is 2.52. The maximum Gasteiger partial charge on any atom is 0.311 e. The van der Waals surface area contributed by atoms with Crippen molar-refractivity contribution in [2.45, 2.75) is 59.4 Å². The van der Waals surface area contributed by atoms with E-state index in [1.54, 1.807) is 0 Å². The molecule has 0 saturated carbocycles. The minimum atomic E-state index is -0.721. The highest BCUT2D eigenvalue weighted by molar-refractivity contribution is 5.85. The molecule has 1 aromatic carbocycles. The van der Waals surface area contributed by atoms with Gasteiger partial charge in [0, 0.05) is 11.5 Å². The first-order valence-electron chi connectivity index (χ1n) is 8.47. The summed E-state index contributed by atoms with van der Waals surface area (Å²) < 4.78 is 0. The molecule has 132 valence electrons. The molecular weight excluding hydrogens is 310 g/mol. The summed E-state index contributed by atoms with van der Waals surface area (Å²) in [5.74, 6) is -1.20. The number of rotatable bonds is 9. The number of carboxylic acid groups (broad SMARTS) is 1. The minimum absolute atomic E-state index is 0. The van der Waals surface area contributed by atoms with Crippen molar-refractivity contribution in [3.8, 4) is 0 Å². The van der Waals surface area contributed by atoms with E-state index < -0.39 is 11.9 Å². The van der Waals surface area contributed by atoms with Crippen LogP contribution in [0.1, 0.15) is 58.9 Å². The fraction of sp³-hybridized carbons (Fsp3) is 0.632. The van der Waals surface area contributed by atoms with Crippen molar-refractivity contribution in [3.05, 3.63) is 35.9 Å². The van der Waals surface area contributed by atoms with Crippen LogP contribution in [0.15, 0.2) is 30.3 Å². The summed E-state index contributed by atoms with van der Waals surface area (Å²) in [6, 6.07) is 9.95. The Morgan fingerprint density at radius 1 is 1.13 bits per heavy atom. The van der Waals surface area contributed by atoms with Crippen molar-refractivity contribution in [1.29, 1.82) is 0 Å². The maximum atomic E-state index is 12.1. The van der Waals surface area contributed by atoms with E-state index in [2.05, 4.69) is 39.5 Å². The fourth-order valence-corrected chi connectivity index (χ4v) is 3.89. The first-order chi connectivity index (χ1) is 10.5. The number of hydrogen-bond acceptors (Lipinski definition) is 2. The molecule has 0 radical (unpaired) electrons. The first-order valence-corrected chi connectivity index (χ1v) is 8.47. The summed E-state index contributed by atoms with van der Waals surface area (Å²) in [6.45, 7) is 12.6. The van der Waals surface area contributed by atoms with Gasteiger partial charge in [0.15, 0.2) is 0 Å². The van der Waals surface area contributed by atoms with Gasteiger partial charge in [-0.3, -0.25) is 4.79 Å². The normalized spacial score (nSPS) is 16.3. The van der Waals surface area contributed by atoms with E-state index in [4.69, 9.17) is 0 Å². The zero-order chi connectivity index (χ0) is 16.8. The van der Waals surface area contributed by atoms with Crippen molar-refractivity contribution in [1.82, 2.24) is 4.90 Å². The molecule has 3 unspecified atom stereocenters. The third-order valence-corrected chi connectivity index (χ3v) is 5.20. The number of halogens is 1. The number of carboxylic acids is 1. The lowest BCUT2D eigenvalue weighted by Crippen LogP contribution is -2.50. The largest absolute Gasteiger partial charge is 0.481 e. The number of carbonyl (C=O) groups is 1.